The molecule has 0 aliphatic heterocycles. The first kappa shape index (κ1) is 25.0. The largest absolute Gasteiger partial charge is 0.444 e. The van der Waals surface area contributed by atoms with E-state index in [4.69, 9.17) is 10.5 Å². The number of aliphatic hydroxyl groups is 1. The summed E-state index contributed by atoms with van der Waals surface area (Å²) in [5.41, 5.74) is 5.24. The highest BCUT2D eigenvalue weighted by atomic mass is 16.6. The number of ether oxygens (including phenoxy) is 1. The van der Waals surface area contributed by atoms with Gasteiger partial charge in [0.1, 0.15) is 11.4 Å². The van der Waals surface area contributed by atoms with E-state index in [-0.39, 0.29) is 35.9 Å². The van der Waals surface area contributed by atoms with Gasteiger partial charge in [-0.15, -0.1) is 0 Å². The Morgan fingerprint density at radius 1 is 1.12 bits per heavy atom. The number of rotatable bonds is 6. The Morgan fingerprint density at radius 3 is 2.42 bits per heavy atom. The van der Waals surface area contributed by atoms with Crippen LogP contribution in [0.25, 0.3) is 0 Å². The predicted octanol–water partition coefficient (Wildman–Crippen LogP) is 2.88. The Morgan fingerprint density at radius 2 is 1.82 bits per heavy atom. The second-order valence-electron chi connectivity index (χ2n) is 10.2. The molecule has 2 aliphatic carbocycles. The average molecular weight is 463 g/mol. The molecule has 2 saturated carbocycles. The van der Waals surface area contributed by atoms with Crippen LogP contribution in [0, 0.1) is 0 Å². The van der Waals surface area contributed by atoms with E-state index in [0.717, 1.165) is 44.9 Å². The van der Waals surface area contributed by atoms with E-state index < -0.39 is 11.5 Å². The minimum absolute atomic E-state index is 0.0356. The number of aliphatic hydroxyl groups excluding tert-OH is 1. The smallest absolute Gasteiger partial charge is 0.410 e. The topological polar surface area (TPSA) is 143 Å². The first-order valence-electron chi connectivity index (χ1n) is 11.9. The van der Waals surface area contributed by atoms with Crippen LogP contribution in [-0.2, 0) is 4.74 Å². The summed E-state index contributed by atoms with van der Waals surface area (Å²) in [5.74, 6) is 0.242. The molecule has 10 nitrogen and oxygen atoms in total. The Balaban J connectivity index is 1.59. The van der Waals surface area contributed by atoms with E-state index in [0.29, 0.717) is 18.2 Å². The van der Waals surface area contributed by atoms with Crippen LogP contribution in [0.3, 0.4) is 0 Å². The van der Waals surface area contributed by atoms with Crippen molar-refractivity contribution in [1.29, 1.82) is 0 Å². The first-order chi connectivity index (χ1) is 15.5. The van der Waals surface area contributed by atoms with Crippen LogP contribution >= 0.6 is 0 Å². The van der Waals surface area contributed by atoms with Crippen LogP contribution in [0.1, 0.15) is 82.5 Å². The van der Waals surface area contributed by atoms with Crippen molar-refractivity contribution in [3.05, 3.63) is 11.8 Å². The normalized spacial score (nSPS) is 25.7. The lowest BCUT2D eigenvalue weighted by atomic mass is 9.90. The summed E-state index contributed by atoms with van der Waals surface area (Å²) in [6, 6.07) is 0.330. The zero-order chi connectivity index (χ0) is 24.2. The van der Waals surface area contributed by atoms with Crippen molar-refractivity contribution in [1.82, 2.24) is 14.9 Å². The van der Waals surface area contributed by atoms with Gasteiger partial charge in [0.05, 0.1) is 11.7 Å². The highest BCUT2D eigenvalue weighted by Crippen LogP contribution is 2.27. The maximum atomic E-state index is 12.3. The molecule has 0 spiro atoms. The average Bonchev–Trinajstić information content (AvgIpc) is 2.72. The van der Waals surface area contributed by atoms with Gasteiger partial charge in [-0.3, -0.25) is 4.79 Å². The fourth-order valence-electron chi connectivity index (χ4n) is 4.50. The van der Waals surface area contributed by atoms with E-state index >= 15 is 0 Å². The van der Waals surface area contributed by atoms with Gasteiger partial charge in [0, 0.05) is 31.4 Å². The number of nitrogens with zero attached hydrogens (tertiary/aromatic N) is 3. The van der Waals surface area contributed by atoms with Crippen LogP contribution in [0.15, 0.2) is 6.20 Å². The molecule has 184 valence electrons. The molecule has 1 aromatic heterocycles. The maximum Gasteiger partial charge on any atom is 0.410 e. The molecule has 1 aromatic rings. The fraction of sp³-hybridized carbons (Fsp3) is 0.739. The summed E-state index contributed by atoms with van der Waals surface area (Å²) >= 11 is 0. The minimum atomic E-state index is -0.592. The first-order valence-corrected chi connectivity index (χ1v) is 11.9. The Bertz CT molecular complexity index is 835. The number of nitrogens with two attached hydrogens (primary N) is 1. The third-order valence-corrected chi connectivity index (χ3v) is 6.30. The van der Waals surface area contributed by atoms with Crippen molar-refractivity contribution in [2.24, 2.45) is 5.73 Å². The standard InChI is InChI=1S/C23H38N6O4/c1-23(2,3)33-22(32)29(4)16-10-8-14(9-11-16)27-21-25-13-18(19(24)31)20(28-21)26-15-6-5-7-17(30)12-15/h13-17,30H,5-12H2,1-4H3,(H2,24,31)(H2,25,26,27,28)/t14?,15-,16?,17-/m1/s1. The number of primary amides is 1. The van der Waals surface area contributed by atoms with Crippen molar-refractivity contribution < 1.29 is 19.4 Å². The van der Waals surface area contributed by atoms with Crippen LogP contribution in [0.4, 0.5) is 16.6 Å². The van der Waals surface area contributed by atoms with E-state index in [1.165, 1.54) is 6.20 Å². The van der Waals surface area contributed by atoms with E-state index in [2.05, 4.69) is 20.6 Å². The molecule has 1 heterocycles. The molecule has 2 fully saturated rings. The molecule has 2 atom stereocenters. The number of aromatic nitrogens is 2. The van der Waals surface area contributed by atoms with Gasteiger partial charge in [-0.2, -0.15) is 4.98 Å². The van der Waals surface area contributed by atoms with Crippen molar-refractivity contribution in [2.75, 3.05) is 17.7 Å². The van der Waals surface area contributed by atoms with Crippen LogP contribution in [0.5, 0.6) is 0 Å². The summed E-state index contributed by atoms with van der Waals surface area (Å²) < 4.78 is 5.48. The van der Waals surface area contributed by atoms with Gasteiger partial charge in [-0.25, -0.2) is 9.78 Å². The summed E-state index contributed by atoms with van der Waals surface area (Å²) in [4.78, 5) is 34.7. The monoisotopic (exact) mass is 462 g/mol. The highest BCUT2D eigenvalue weighted by Gasteiger charge is 2.30. The summed E-state index contributed by atoms with van der Waals surface area (Å²) in [5, 5.41) is 16.6. The maximum absolute atomic E-state index is 12.3. The van der Waals surface area contributed by atoms with E-state index in [1.807, 2.05) is 20.8 Å². The molecule has 0 radical (unpaired) electrons. The third kappa shape index (κ3) is 7.18. The Labute approximate surface area is 195 Å². The van der Waals surface area contributed by atoms with Gasteiger partial charge in [-0.05, 0) is 72.1 Å². The molecule has 5 N–H and O–H groups in total. The lowest BCUT2D eigenvalue weighted by Gasteiger charge is -2.35. The number of anilines is 2. The van der Waals surface area contributed by atoms with Gasteiger partial charge in [0.15, 0.2) is 0 Å². The van der Waals surface area contributed by atoms with Gasteiger partial charge in [-0.1, -0.05) is 0 Å². The molecule has 10 heteroatoms. The highest BCUT2D eigenvalue weighted by molar-refractivity contribution is 5.97. The number of carbonyl (C=O) groups is 2. The molecular formula is C23H38N6O4. The molecule has 2 aliphatic rings. The predicted molar refractivity (Wildman–Crippen MR) is 126 cm³/mol. The third-order valence-electron chi connectivity index (χ3n) is 6.30. The second kappa shape index (κ2) is 10.5. The molecule has 0 aromatic carbocycles. The Hall–Kier alpha value is -2.62. The lowest BCUT2D eigenvalue weighted by Crippen LogP contribution is -2.43. The van der Waals surface area contributed by atoms with Crippen LogP contribution in [-0.4, -0.2) is 68.9 Å². The summed E-state index contributed by atoms with van der Waals surface area (Å²) in [6.07, 6.45) is 7.43. The summed E-state index contributed by atoms with van der Waals surface area (Å²) in [7, 11) is 1.79. The van der Waals surface area contributed by atoms with E-state index in [1.54, 1.807) is 11.9 Å². The van der Waals surface area contributed by atoms with Crippen molar-refractivity contribution in [3.8, 4) is 0 Å². The minimum Gasteiger partial charge on any atom is -0.444 e. The zero-order valence-electron chi connectivity index (χ0n) is 20.1. The number of amides is 2. The van der Waals surface area contributed by atoms with Crippen LogP contribution < -0.4 is 16.4 Å². The van der Waals surface area contributed by atoms with E-state index in [9.17, 15) is 14.7 Å². The molecular weight excluding hydrogens is 424 g/mol. The SMILES string of the molecule is CN(C(=O)OC(C)(C)C)C1CCC(Nc2ncc(C(N)=O)c(N[C@@H]3CCC[C@@H](O)C3)n2)CC1. The Kier molecular flexibility index (Phi) is 7.99. The number of nitrogens with one attached hydrogen (secondary N) is 2. The van der Waals surface area contributed by atoms with Crippen molar-refractivity contribution in [2.45, 2.75) is 102 Å². The van der Waals surface area contributed by atoms with Crippen molar-refractivity contribution in [3.63, 3.8) is 0 Å². The summed E-state index contributed by atoms with van der Waals surface area (Å²) in [6.45, 7) is 5.59. The molecule has 0 bridgehead atoms. The quantitative estimate of drug-likeness (QED) is 0.505. The fourth-order valence-corrected chi connectivity index (χ4v) is 4.50. The lowest BCUT2D eigenvalue weighted by molar-refractivity contribution is 0.0185. The number of carbonyl (C=O) groups excluding carboxylic acids is 2. The number of hydrogen-bond donors (Lipinski definition) is 4. The van der Waals surface area contributed by atoms with Gasteiger partial charge >= 0.3 is 6.09 Å². The van der Waals surface area contributed by atoms with Crippen molar-refractivity contribution >= 4 is 23.8 Å². The number of hydrogen-bond acceptors (Lipinski definition) is 8. The molecule has 33 heavy (non-hydrogen) atoms. The van der Waals surface area contributed by atoms with Gasteiger partial charge < -0.3 is 31.1 Å². The zero-order valence-corrected chi connectivity index (χ0v) is 20.1. The van der Waals surface area contributed by atoms with Gasteiger partial charge in [0.2, 0.25) is 5.95 Å². The molecule has 2 amide bonds. The second-order valence-corrected chi connectivity index (χ2v) is 10.2. The molecule has 3 rings (SSSR count). The molecule has 0 saturated heterocycles. The van der Waals surface area contributed by atoms with Gasteiger partial charge in [0.25, 0.3) is 5.91 Å². The van der Waals surface area contributed by atoms with Crippen LogP contribution in [0.2, 0.25) is 0 Å². The molecule has 0 unspecified atom stereocenters.